The minimum absolute atomic E-state index is 0.684. The van der Waals surface area contributed by atoms with Gasteiger partial charge in [-0.3, -0.25) is 0 Å². The predicted molar refractivity (Wildman–Crippen MR) is 85.8 cm³/mol. The van der Waals surface area contributed by atoms with Crippen molar-refractivity contribution in [3.63, 3.8) is 0 Å². The monoisotopic (exact) mass is 275 g/mol. The standard InChI is InChI=1S/C17H29N3/c18-10-11-19-12-13-20-17-9-5-4-8-16(17)14-15-6-2-1-3-7-15/h1-3,6-7,16-17,19-20H,4-5,8-14,18H2. The van der Waals surface area contributed by atoms with Gasteiger partial charge >= 0.3 is 0 Å². The van der Waals surface area contributed by atoms with Crippen molar-refractivity contribution in [1.29, 1.82) is 0 Å². The van der Waals surface area contributed by atoms with Crippen LogP contribution in [0.3, 0.4) is 0 Å². The van der Waals surface area contributed by atoms with E-state index < -0.39 is 0 Å². The van der Waals surface area contributed by atoms with E-state index in [9.17, 15) is 0 Å². The van der Waals surface area contributed by atoms with E-state index in [1.165, 1.54) is 37.7 Å². The summed E-state index contributed by atoms with van der Waals surface area (Å²) < 4.78 is 0. The average molecular weight is 275 g/mol. The van der Waals surface area contributed by atoms with Crippen molar-refractivity contribution in [3.8, 4) is 0 Å². The molecule has 2 unspecified atom stereocenters. The van der Waals surface area contributed by atoms with E-state index in [0.29, 0.717) is 6.04 Å². The Morgan fingerprint density at radius 3 is 2.60 bits per heavy atom. The fourth-order valence-electron chi connectivity index (χ4n) is 3.21. The summed E-state index contributed by atoms with van der Waals surface area (Å²) in [6.45, 7) is 3.71. The van der Waals surface area contributed by atoms with E-state index in [2.05, 4.69) is 41.0 Å². The Labute approximate surface area is 123 Å². The van der Waals surface area contributed by atoms with Crippen molar-refractivity contribution >= 4 is 0 Å². The van der Waals surface area contributed by atoms with Gasteiger partial charge in [-0.2, -0.15) is 0 Å². The maximum Gasteiger partial charge on any atom is 0.00990 e. The molecule has 2 atom stereocenters. The molecule has 1 fully saturated rings. The first-order chi connectivity index (χ1) is 9.90. The Kier molecular flexibility index (Phi) is 7.06. The average Bonchev–Trinajstić information content (AvgIpc) is 2.50. The molecule has 112 valence electrons. The van der Waals surface area contributed by atoms with Crippen LogP contribution in [-0.2, 0) is 6.42 Å². The normalized spacial score (nSPS) is 22.9. The van der Waals surface area contributed by atoms with E-state index in [0.717, 1.165) is 32.1 Å². The molecule has 0 bridgehead atoms. The molecular formula is C17H29N3. The molecule has 1 aliphatic carbocycles. The van der Waals surface area contributed by atoms with Crippen LogP contribution in [-0.4, -0.2) is 32.2 Å². The zero-order valence-electron chi connectivity index (χ0n) is 12.5. The molecule has 1 aliphatic rings. The molecule has 0 heterocycles. The first-order valence-corrected chi connectivity index (χ1v) is 8.08. The van der Waals surface area contributed by atoms with Crippen LogP contribution in [0.5, 0.6) is 0 Å². The van der Waals surface area contributed by atoms with Crippen molar-refractivity contribution in [2.45, 2.75) is 38.1 Å². The van der Waals surface area contributed by atoms with Gasteiger partial charge in [0, 0.05) is 32.2 Å². The van der Waals surface area contributed by atoms with Crippen LogP contribution in [0.15, 0.2) is 30.3 Å². The lowest BCUT2D eigenvalue weighted by molar-refractivity contribution is 0.261. The second kappa shape index (κ2) is 9.11. The molecule has 20 heavy (non-hydrogen) atoms. The Hall–Kier alpha value is -0.900. The highest BCUT2D eigenvalue weighted by molar-refractivity contribution is 5.15. The number of nitrogens with one attached hydrogen (secondary N) is 2. The molecule has 1 saturated carbocycles. The third-order valence-electron chi connectivity index (χ3n) is 4.28. The van der Waals surface area contributed by atoms with Crippen molar-refractivity contribution < 1.29 is 0 Å². The molecule has 1 aromatic carbocycles. The number of nitrogens with two attached hydrogens (primary N) is 1. The van der Waals surface area contributed by atoms with Crippen LogP contribution in [0.2, 0.25) is 0 Å². The molecule has 0 saturated heterocycles. The van der Waals surface area contributed by atoms with Gasteiger partial charge in [-0.15, -0.1) is 0 Å². The van der Waals surface area contributed by atoms with E-state index in [1.807, 2.05) is 0 Å². The van der Waals surface area contributed by atoms with Gasteiger partial charge in [0.05, 0.1) is 0 Å². The van der Waals surface area contributed by atoms with Crippen molar-refractivity contribution in [2.24, 2.45) is 11.7 Å². The molecule has 3 nitrogen and oxygen atoms in total. The van der Waals surface area contributed by atoms with Gasteiger partial charge in [-0.05, 0) is 30.7 Å². The Balaban J connectivity index is 1.76. The second-order valence-electron chi connectivity index (χ2n) is 5.83. The van der Waals surface area contributed by atoms with E-state index >= 15 is 0 Å². The van der Waals surface area contributed by atoms with Crippen molar-refractivity contribution in [1.82, 2.24) is 10.6 Å². The third-order valence-corrected chi connectivity index (χ3v) is 4.28. The summed E-state index contributed by atoms with van der Waals surface area (Å²) in [5.74, 6) is 0.792. The van der Waals surface area contributed by atoms with Crippen LogP contribution in [0, 0.1) is 5.92 Å². The summed E-state index contributed by atoms with van der Waals surface area (Å²) in [5.41, 5.74) is 6.96. The predicted octanol–water partition coefficient (Wildman–Crippen LogP) is 1.93. The SMILES string of the molecule is NCCNCCNC1CCCCC1Cc1ccccc1. The van der Waals surface area contributed by atoms with Gasteiger partial charge in [0.15, 0.2) is 0 Å². The van der Waals surface area contributed by atoms with Crippen LogP contribution >= 0.6 is 0 Å². The van der Waals surface area contributed by atoms with E-state index in [4.69, 9.17) is 5.73 Å². The number of hydrogen-bond donors (Lipinski definition) is 3. The highest BCUT2D eigenvalue weighted by atomic mass is 15.0. The minimum Gasteiger partial charge on any atom is -0.329 e. The largest absolute Gasteiger partial charge is 0.329 e. The second-order valence-corrected chi connectivity index (χ2v) is 5.83. The first-order valence-electron chi connectivity index (χ1n) is 8.08. The quantitative estimate of drug-likeness (QED) is 0.635. The summed E-state index contributed by atoms with van der Waals surface area (Å²) >= 11 is 0. The molecule has 0 spiro atoms. The summed E-state index contributed by atoms with van der Waals surface area (Å²) in [6.07, 6.45) is 6.67. The molecule has 4 N–H and O–H groups in total. The van der Waals surface area contributed by atoms with E-state index in [1.54, 1.807) is 0 Å². The molecule has 0 amide bonds. The maximum absolute atomic E-state index is 5.48. The Morgan fingerprint density at radius 1 is 1.00 bits per heavy atom. The molecule has 1 aromatic rings. The van der Waals surface area contributed by atoms with E-state index in [-0.39, 0.29) is 0 Å². The molecular weight excluding hydrogens is 246 g/mol. The Bertz CT molecular complexity index is 353. The third kappa shape index (κ3) is 5.23. The van der Waals surface area contributed by atoms with Gasteiger partial charge in [0.1, 0.15) is 0 Å². The summed E-state index contributed by atoms with van der Waals surface area (Å²) in [5, 5.41) is 7.10. The first kappa shape index (κ1) is 15.5. The zero-order chi connectivity index (χ0) is 14.0. The van der Waals surface area contributed by atoms with Crippen molar-refractivity contribution in [3.05, 3.63) is 35.9 Å². The minimum atomic E-state index is 0.684. The van der Waals surface area contributed by atoms with Crippen molar-refractivity contribution in [2.75, 3.05) is 26.2 Å². The van der Waals surface area contributed by atoms with Gasteiger partial charge in [-0.25, -0.2) is 0 Å². The zero-order valence-corrected chi connectivity index (χ0v) is 12.5. The molecule has 2 rings (SSSR count). The summed E-state index contributed by atoms with van der Waals surface area (Å²) in [6, 6.07) is 11.6. The highest BCUT2D eigenvalue weighted by Gasteiger charge is 2.24. The lowest BCUT2D eigenvalue weighted by Gasteiger charge is -2.32. The number of benzene rings is 1. The number of hydrogen-bond acceptors (Lipinski definition) is 3. The lowest BCUT2D eigenvalue weighted by Crippen LogP contribution is -2.42. The fraction of sp³-hybridized carbons (Fsp3) is 0.647. The van der Waals surface area contributed by atoms with Crippen LogP contribution < -0.4 is 16.4 Å². The van der Waals surface area contributed by atoms with Crippen LogP contribution in [0.25, 0.3) is 0 Å². The smallest absolute Gasteiger partial charge is 0.00990 e. The summed E-state index contributed by atoms with van der Waals surface area (Å²) in [7, 11) is 0. The van der Waals surface area contributed by atoms with Crippen LogP contribution in [0.1, 0.15) is 31.2 Å². The van der Waals surface area contributed by atoms with Gasteiger partial charge < -0.3 is 16.4 Å². The number of rotatable bonds is 8. The maximum atomic E-state index is 5.48. The molecule has 3 heteroatoms. The molecule has 0 radical (unpaired) electrons. The van der Waals surface area contributed by atoms with Gasteiger partial charge in [0.2, 0.25) is 0 Å². The van der Waals surface area contributed by atoms with Crippen LogP contribution in [0.4, 0.5) is 0 Å². The topological polar surface area (TPSA) is 50.1 Å². The molecule has 0 aliphatic heterocycles. The van der Waals surface area contributed by atoms with Gasteiger partial charge in [-0.1, -0.05) is 43.2 Å². The summed E-state index contributed by atoms with van der Waals surface area (Å²) in [4.78, 5) is 0. The molecule has 0 aromatic heterocycles. The van der Waals surface area contributed by atoms with Gasteiger partial charge in [0.25, 0.3) is 0 Å². The Morgan fingerprint density at radius 2 is 1.80 bits per heavy atom. The highest BCUT2D eigenvalue weighted by Crippen LogP contribution is 2.27. The lowest BCUT2D eigenvalue weighted by atomic mass is 9.80. The fourth-order valence-corrected chi connectivity index (χ4v) is 3.21.